The number of halogens is 1. The fourth-order valence-corrected chi connectivity index (χ4v) is 1.87. The zero-order valence-corrected chi connectivity index (χ0v) is 14.8. The summed E-state index contributed by atoms with van der Waals surface area (Å²) in [5.41, 5.74) is 2.64. The van der Waals surface area contributed by atoms with E-state index in [2.05, 4.69) is 60.4 Å². The second kappa shape index (κ2) is 10.1. The number of rotatable bonds is 5. The highest BCUT2D eigenvalue weighted by atomic mass is 127. The van der Waals surface area contributed by atoms with E-state index in [1.54, 1.807) is 0 Å². The molecule has 0 saturated heterocycles. The van der Waals surface area contributed by atoms with Gasteiger partial charge >= 0.3 is 0 Å². The van der Waals surface area contributed by atoms with Crippen molar-refractivity contribution in [1.82, 2.24) is 10.2 Å². The van der Waals surface area contributed by atoms with Crippen molar-refractivity contribution in [2.75, 3.05) is 20.6 Å². The Kier molecular flexibility index (Phi) is 9.65. The van der Waals surface area contributed by atoms with Crippen molar-refractivity contribution in [2.45, 2.75) is 33.2 Å². The van der Waals surface area contributed by atoms with Gasteiger partial charge in [0, 0.05) is 27.2 Å². The van der Waals surface area contributed by atoms with Crippen molar-refractivity contribution in [3.63, 3.8) is 0 Å². The first-order valence-corrected chi connectivity index (χ1v) is 6.65. The molecule has 1 aromatic rings. The maximum absolute atomic E-state index is 4.32. The zero-order chi connectivity index (χ0) is 13.4. The number of aryl methyl sites for hydroxylation is 1. The molecule has 19 heavy (non-hydrogen) atoms. The lowest BCUT2D eigenvalue weighted by Crippen LogP contribution is -2.39. The summed E-state index contributed by atoms with van der Waals surface area (Å²) >= 11 is 0. The van der Waals surface area contributed by atoms with Crippen LogP contribution in [0.25, 0.3) is 0 Å². The number of benzene rings is 1. The summed E-state index contributed by atoms with van der Waals surface area (Å²) in [6, 6.07) is 8.44. The summed E-state index contributed by atoms with van der Waals surface area (Å²) in [5, 5.41) is 3.41. The first kappa shape index (κ1) is 18.2. The summed E-state index contributed by atoms with van der Waals surface area (Å²) in [6.07, 6.45) is 2.40. The quantitative estimate of drug-likeness (QED) is 0.485. The topological polar surface area (TPSA) is 27.6 Å². The summed E-state index contributed by atoms with van der Waals surface area (Å²) in [4.78, 5) is 6.50. The van der Waals surface area contributed by atoms with E-state index in [-0.39, 0.29) is 24.0 Å². The summed E-state index contributed by atoms with van der Waals surface area (Å²) < 4.78 is 0. The number of aliphatic imine (C=N–C) groups is 1. The highest BCUT2D eigenvalue weighted by Crippen LogP contribution is 2.06. The molecular weight excluding hydrogens is 349 g/mol. The van der Waals surface area contributed by atoms with Crippen LogP contribution in [0.1, 0.15) is 30.9 Å². The number of nitrogens with zero attached hydrogens (tertiary/aromatic N) is 2. The van der Waals surface area contributed by atoms with Gasteiger partial charge in [0.15, 0.2) is 5.96 Å². The smallest absolute Gasteiger partial charge is 0.193 e. The number of unbranched alkanes of at least 4 members (excludes halogenated alkanes) is 1. The predicted octanol–water partition coefficient (Wildman–Crippen LogP) is 3.42. The SMILES string of the molecule is CCCCN(C)C(=NC)NCc1ccccc1C.I. The Balaban J connectivity index is 0.00000324. The normalized spacial score (nSPS) is 10.8. The fourth-order valence-electron chi connectivity index (χ4n) is 1.87. The van der Waals surface area contributed by atoms with Gasteiger partial charge < -0.3 is 10.2 Å². The molecular formula is C15H26IN3. The predicted molar refractivity (Wildman–Crippen MR) is 94.3 cm³/mol. The lowest BCUT2D eigenvalue weighted by molar-refractivity contribution is 0.464. The van der Waals surface area contributed by atoms with Gasteiger partial charge in [-0.15, -0.1) is 24.0 Å². The average Bonchev–Trinajstić information content (AvgIpc) is 2.39. The minimum atomic E-state index is 0. The van der Waals surface area contributed by atoms with Crippen molar-refractivity contribution < 1.29 is 0 Å². The third kappa shape index (κ3) is 6.27. The minimum Gasteiger partial charge on any atom is -0.352 e. The highest BCUT2D eigenvalue weighted by molar-refractivity contribution is 14.0. The van der Waals surface area contributed by atoms with Gasteiger partial charge in [0.1, 0.15) is 0 Å². The van der Waals surface area contributed by atoms with Crippen molar-refractivity contribution >= 4 is 29.9 Å². The second-order valence-corrected chi connectivity index (χ2v) is 4.60. The molecule has 0 aliphatic carbocycles. The number of nitrogens with one attached hydrogen (secondary N) is 1. The van der Waals surface area contributed by atoms with Crippen LogP contribution in [0.15, 0.2) is 29.3 Å². The Morgan fingerprint density at radius 3 is 2.58 bits per heavy atom. The van der Waals surface area contributed by atoms with Crippen LogP contribution in [0.5, 0.6) is 0 Å². The number of guanidine groups is 1. The van der Waals surface area contributed by atoms with Gasteiger partial charge in [-0.25, -0.2) is 0 Å². The lowest BCUT2D eigenvalue weighted by atomic mass is 10.1. The Morgan fingerprint density at radius 2 is 2.00 bits per heavy atom. The third-order valence-corrected chi connectivity index (χ3v) is 3.12. The van der Waals surface area contributed by atoms with Crippen LogP contribution in [0.3, 0.4) is 0 Å². The molecule has 1 N–H and O–H groups in total. The molecule has 0 radical (unpaired) electrons. The van der Waals surface area contributed by atoms with Crippen LogP contribution in [0, 0.1) is 6.92 Å². The molecule has 0 aromatic heterocycles. The highest BCUT2D eigenvalue weighted by Gasteiger charge is 2.05. The van der Waals surface area contributed by atoms with Crippen LogP contribution in [-0.2, 0) is 6.54 Å². The first-order chi connectivity index (χ1) is 8.69. The van der Waals surface area contributed by atoms with E-state index >= 15 is 0 Å². The minimum absolute atomic E-state index is 0. The van der Waals surface area contributed by atoms with E-state index in [4.69, 9.17) is 0 Å². The molecule has 0 heterocycles. The molecule has 0 aliphatic rings. The molecule has 4 heteroatoms. The van der Waals surface area contributed by atoms with E-state index in [9.17, 15) is 0 Å². The van der Waals surface area contributed by atoms with Crippen LogP contribution >= 0.6 is 24.0 Å². The lowest BCUT2D eigenvalue weighted by Gasteiger charge is -2.22. The standard InChI is InChI=1S/C15H25N3.HI/c1-5-6-11-18(4)15(16-3)17-12-14-10-8-7-9-13(14)2;/h7-10H,5-6,11-12H2,1-4H3,(H,16,17);1H. The molecule has 1 aromatic carbocycles. The molecule has 0 aliphatic heterocycles. The Labute approximate surface area is 134 Å². The molecule has 0 bridgehead atoms. The maximum Gasteiger partial charge on any atom is 0.193 e. The van der Waals surface area contributed by atoms with Gasteiger partial charge in [-0.05, 0) is 24.5 Å². The molecule has 0 fully saturated rings. The molecule has 0 atom stereocenters. The third-order valence-electron chi connectivity index (χ3n) is 3.12. The molecule has 0 unspecified atom stereocenters. The first-order valence-electron chi connectivity index (χ1n) is 6.65. The van der Waals surface area contributed by atoms with Gasteiger partial charge in [-0.3, -0.25) is 4.99 Å². The molecule has 0 amide bonds. The fraction of sp³-hybridized carbons (Fsp3) is 0.533. The van der Waals surface area contributed by atoms with Gasteiger partial charge in [0.25, 0.3) is 0 Å². The van der Waals surface area contributed by atoms with Crippen molar-refractivity contribution in [1.29, 1.82) is 0 Å². The molecule has 0 saturated carbocycles. The van der Waals surface area contributed by atoms with E-state index in [1.807, 2.05) is 7.05 Å². The molecule has 1 rings (SSSR count). The van der Waals surface area contributed by atoms with Crippen LogP contribution in [0.4, 0.5) is 0 Å². The van der Waals surface area contributed by atoms with Crippen molar-refractivity contribution in [2.24, 2.45) is 4.99 Å². The van der Waals surface area contributed by atoms with Gasteiger partial charge in [-0.1, -0.05) is 37.6 Å². The monoisotopic (exact) mass is 375 g/mol. The number of hydrogen-bond donors (Lipinski definition) is 1. The maximum atomic E-state index is 4.32. The van der Waals surface area contributed by atoms with Crippen molar-refractivity contribution in [3.05, 3.63) is 35.4 Å². The van der Waals surface area contributed by atoms with Crippen molar-refractivity contribution in [3.8, 4) is 0 Å². The summed E-state index contributed by atoms with van der Waals surface area (Å²) in [6.45, 7) is 6.22. The summed E-state index contributed by atoms with van der Waals surface area (Å²) in [7, 11) is 3.92. The molecule has 0 spiro atoms. The Hall–Kier alpha value is -0.780. The molecule has 3 nitrogen and oxygen atoms in total. The van der Waals surface area contributed by atoms with E-state index in [1.165, 1.54) is 24.0 Å². The zero-order valence-electron chi connectivity index (χ0n) is 12.4. The van der Waals surface area contributed by atoms with Gasteiger partial charge in [0.2, 0.25) is 0 Å². The van der Waals surface area contributed by atoms with Crippen LogP contribution < -0.4 is 5.32 Å². The van der Waals surface area contributed by atoms with Gasteiger partial charge in [-0.2, -0.15) is 0 Å². The van der Waals surface area contributed by atoms with E-state index in [0.717, 1.165) is 19.0 Å². The molecule has 108 valence electrons. The Morgan fingerprint density at radius 1 is 1.32 bits per heavy atom. The van der Waals surface area contributed by atoms with E-state index < -0.39 is 0 Å². The Bertz CT molecular complexity index is 391. The average molecular weight is 375 g/mol. The van der Waals surface area contributed by atoms with E-state index in [0.29, 0.717) is 0 Å². The van der Waals surface area contributed by atoms with Crippen LogP contribution in [0.2, 0.25) is 0 Å². The largest absolute Gasteiger partial charge is 0.352 e. The second-order valence-electron chi connectivity index (χ2n) is 4.60. The van der Waals surface area contributed by atoms with Gasteiger partial charge in [0.05, 0.1) is 0 Å². The summed E-state index contributed by atoms with van der Waals surface area (Å²) in [5.74, 6) is 0.965. The number of hydrogen-bond acceptors (Lipinski definition) is 1. The van der Waals surface area contributed by atoms with Crippen LogP contribution in [-0.4, -0.2) is 31.5 Å².